The normalized spacial score (nSPS) is 19.8. The zero-order valence-electron chi connectivity index (χ0n) is 13.9. The molecule has 3 heterocycles. The van der Waals surface area contributed by atoms with E-state index < -0.39 is 0 Å². The Morgan fingerprint density at radius 1 is 1.22 bits per heavy atom. The highest BCUT2D eigenvalue weighted by Crippen LogP contribution is 2.26. The second-order valence-corrected chi connectivity index (χ2v) is 6.74. The maximum atomic E-state index is 5.37. The molecular weight excluding hydrogens is 312 g/mol. The number of piperazine rings is 1. The third-order valence-electron chi connectivity index (χ3n) is 4.58. The number of hydrogen-bond acceptors (Lipinski definition) is 7. The molecule has 0 saturated carbocycles. The van der Waals surface area contributed by atoms with E-state index in [0.29, 0.717) is 24.4 Å². The summed E-state index contributed by atoms with van der Waals surface area (Å²) in [6.07, 6.45) is 0. The molecule has 2 aromatic heterocycles. The van der Waals surface area contributed by atoms with Crippen LogP contribution in [0.4, 0.5) is 0 Å². The molecule has 3 rings (SSSR count). The summed E-state index contributed by atoms with van der Waals surface area (Å²) >= 11 is 1.77. The third kappa shape index (κ3) is 3.80. The lowest BCUT2D eigenvalue weighted by atomic mass is 10.1. The highest BCUT2D eigenvalue weighted by molar-refractivity contribution is 7.07. The standard InChI is InChI=1S/C16H24N4O2S/c1-12(14-4-9-23-11-14)19-5-7-20(8-6-19)13(2)16-17-15(10-21-3)18-22-16/h4,9,11-13H,5-8,10H2,1-3H3. The van der Waals surface area contributed by atoms with E-state index in [-0.39, 0.29) is 6.04 Å². The summed E-state index contributed by atoms with van der Waals surface area (Å²) in [5.41, 5.74) is 1.41. The van der Waals surface area contributed by atoms with Crippen LogP contribution < -0.4 is 0 Å². The Morgan fingerprint density at radius 2 is 1.91 bits per heavy atom. The minimum atomic E-state index is 0.145. The maximum Gasteiger partial charge on any atom is 0.243 e. The Bertz CT molecular complexity index is 593. The third-order valence-corrected chi connectivity index (χ3v) is 5.29. The number of hydrogen-bond donors (Lipinski definition) is 0. The number of aromatic nitrogens is 2. The summed E-state index contributed by atoms with van der Waals surface area (Å²) in [6.45, 7) is 8.94. The van der Waals surface area contributed by atoms with Gasteiger partial charge in [-0.25, -0.2) is 0 Å². The molecule has 7 heteroatoms. The van der Waals surface area contributed by atoms with E-state index in [1.807, 2.05) is 0 Å². The van der Waals surface area contributed by atoms with Crippen molar-refractivity contribution in [3.8, 4) is 0 Å². The molecular formula is C16H24N4O2S. The van der Waals surface area contributed by atoms with Gasteiger partial charge in [-0.1, -0.05) is 5.16 Å². The first-order chi connectivity index (χ1) is 11.2. The second kappa shape index (κ2) is 7.53. The smallest absolute Gasteiger partial charge is 0.243 e. The fourth-order valence-electron chi connectivity index (χ4n) is 3.02. The van der Waals surface area contributed by atoms with Crippen molar-refractivity contribution in [1.82, 2.24) is 19.9 Å². The molecule has 2 unspecified atom stereocenters. The molecule has 6 nitrogen and oxygen atoms in total. The van der Waals surface area contributed by atoms with Crippen molar-refractivity contribution in [2.24, 2.45) is 0 Å². The number of thiophene rings is 1. The first-order valence-corrected chi connectivity index (χ1v) is 8.95. The van der Waals surface area contributed by atoms with Crippen LogP contribution in [0.15, 0.2) is 21.3 Å². The van der Waals surface area contributed by atoms with Crippen molar-refractivity contribution < 1.29 is 9.26 Å². The molecule has 23 heavy (non-hydrogen) atoms. The van der Waals surface area contributed by atoms with Crippen LogP contribution in [-0.4, -0.2) is 53.2 Å². The summed E-state index contributed by atoms with van der Waals surface area (Å²) in [7, 11) is 1.63. The Labute approximate surface area is 141 Å². The molecule has 0 bridgehead atoms. The minimum absolute atomic E-state index is 0.145. The van der Waals surface area contributed by atoms with Gasteiger partial charge in [-0.15, -0.1) is 0 Å². The zero-order chi connectivity index (χ0) is 16.2. The summed E-state index contributed by atoms with van der Waals surface area (Å²) < 4.78 is 10.4. The Hall–Kier alpha value is -1.28. The van der Waals surface area contributed by atoms with Crippen molar-refractivity contribution in [2.45, 2.75) is 32.5 Å². The topological polar surface area (TPSA) is 54.6 Å². The lowest BCUT2D eigenvalue weighted by Gasteiger charge is -2.39. The Balaban J connectivity index is 1.55. The quantitative estimate of drug-likeness (QED) is 0.808. The van der Waals surface area contributed by atoms with Gasteiger partial charge in [-0.3, -0.25) is 9.80 Å². The van der Waals surface area contributed by atoms with Gasteiger partial charge < -0.3 is 9.26 Å². The van der Waals surface area contributed by atoms with E-state index in [2.05, 4.69) is 50.6 Å². The molecule has 2 aromatic rings. The van der Waals surface area contributed by atoms with Crippen molar-refractivity contribution in [2.75, 3.05) is 33.3 Å². The van der Waals surface area contributed by atoms with Gasteiger partial charge in [-0.2, -0.15) is 16.3 Å². The van der Waals surface area contributed by atoms with Gasteiger partial charge >= 0.3 is 0 Å². The molecule has 0 amide bonds. The molecule has 0 aromatic carbocycles. The number of nitrogens with zero attached hydrogens (tertiary/aromatic N) is 4. The fourth-order valence-corrected chi connectivity index (χ4v) is 3.76. The lowest BCUT2D eigenvalue weighted by molar-refractivity contribution is 0.0678. The van der Waals surface area contributed by atoms with Gasteiger partial charge in [0.2, 0.25) is 5.89 Å². The molecule has 0 aliphatic carbocycles. The van der Waals surface area contributed by atoms with E-state index in [1.165, 1.54) is 5.56 Å². The second-order valence-electron chi connectivity index (χ2n) is 5.96. The number of methoxy groups -OCH3 is 1. The van der Waals surface area contributed by atoms with Gasteiger partial charge in [-0.05, 0) is 36.2 Å². The first-order valence-electron chi connectivity index (χ1n) is 8.00. The molecule has 0 N–H and O–H groups in total. The predicted octanol–water partition coefficient (Wildman–Crippen LogP) is 2.72. The number of rotatable bonds is 6. The van der Waals surface area contributed by atoms with Crippen LogP contribution in [0.5, 0.6) is 0 Å². The van der Waals surface area contributed by atoms with Crippen LogP contribution >= 0.6 is 11.3 Å². The van der Waals surface area contributed by atoms with E-state index in [9.17, 15) is 0 Å². The lowest BCUT2D eigenvalue weighted by Crippen LogP contribution is -2.47. The van der Waals surface area contributed by atoms with Gasteiger partial charge in [0.25, 0.3) is 0 Å². The van der Waals surface area contributed by atoms with Crippen molar-refractivity contribution in [3.05, 3.63) is 34.1 Å². The van der Waals surface area contributed by atoms with Crippen LogP contribution in [0.2, 0.25) is 0 Å². The van der Waals surface area contributed by atoms with Crippen molar-refractivity contribution in [1.29, 1.82) is 0 Å². The summed E-state index contributed by atoms with van der Waals surface area (Å²) in [5, 5.41) is 8.35. The van der Waals surface area contributed by atoms with E-state index in [0.717, 1.165) is 26.2 Å². The highest BCUT2D eigenvalue weighted by atomic mass is 32.1. The van der Waals surface area contributed by atoms with Crippen LogP contribution in [-0.2, 0) is 11.3 Å². The highest BCUT2D eigenvalue weighted by Gasteiger charge is 2.28. The molecule has 1 saturated heterocycles. The van der Waals surface area contributed by atoms with Crippen molar-refractivity contribution in [3.63, 3.8) is 0 Å². The SMILES string of the molecule is COCc1noc(C(C)N2CCN(C(C)c3ccsc3)CC2)n1. The van der Waals surface area contributed by atoms with Gasteiger partial charge in [0.15, 0.2) is 5.82 Å². The van der Waals surface area contributed by atoms with Crippen LogP contribution in [0.25, 0.3) is 0 Å². The average molecular weight is 336 g/mol. The molecule has 0 radical (unpaired) electrons. The van der Waals surface area contributed by atoms with E-state index >= 15 is 0 Å². The van der Waals surface area contributed by atoms with E-state index in [1.54, 1.807) is 18.4 Å². The van der Waals surface area contributed by atoms with Gasteiger partial charge in [0.1, 0.15) is 6.61 Å². The molecule has 1 aliphatic heterocycles. The Morgan fingerprint density at radius 3 is 2.52 bits per heavy atom. The van der Waals surface area contributed by atoms with Crippen LogP contribution in [0.1, 0.15) is 43.2 Å². The van der Waals surface area contributed by atoms with Crippen molar-refractivity contribution >= 4 is 11.3 Å². The molecule has 126 valence electrons. The monoisotopic (exact) mass is 336 g/mol. The first kappa shape index (κ1) is 16.6. The largest absolute Gasteiger partial charge is 0.377 e. The molecule has 2 atom stereocenters. The Kier molecular flexibility index (Phi) is 5.42. The van der Waals surface area contributed by atoms with Crippen LogP contribution in [0.3, 0.4) is 0 Å². The fraction of sp³-hybridized carbons (Fsp3) is 0.625. The van der Waals surface area contributed by atoms with Crippen LogP contribution in [0, 0.1) is 0 Å². The maximum absolute atomic E-state index is 5.37. The zero-order valence-corrected chi connectivity index (χ0v) is 14.8. The van der Waals surface area contributed by atoms with E-state index in [4.69, 9.17) is 9.26 Å². The number of ether oxygens (including phenoxy) is 1. The molecule has 0 spiro atoms. The predicted molar refractivity (Wildman–Crippen MR) is 89.3 cm³/mol. The summed E-state index contributed by atoms with van der Waals surface area (Å²) in [4.78, 5) is 9.35. The summed E-state index contributed by atoms with van der Waals surface area (Å²) in [6, 6.07) is 2.85. The molecule has 1 fully saturated rings. The summed E-state index contributed by atoms with van der Waals surface area (Å²) in [5.74, 6) is 1.29. The minimum Gasteiger partial charge on any atom is -0.377 e. The van der Waals surface area contributed by atoms with Gasteiger partial charge in [0.05, 0.1) is 6.04 Å². The van der Waals surface area contributed by atoms with Gasteiger partial charge in [0, 0.05) is 39.3 Å². The molecule has 1 aliphatic rings. The average Bonchev–Trinajstić information content (AvgIpc) is 3.26.